The first-order valence-electron chi connectivity index (χ1n) is 8.20. The lowest BCUT2D eigenvalue weighted by Gasteiger charge is -2.54. The molecule has 2 saturated carbocycles. The van der Waals surface area contributed by atoms with Gasteiger partial charge in [-0.25, -0.2) is 0 Å². The minimum Gasteiger partial charge on any atom is -0.472 e. The quantitative estimate of drug-likeness (QED) is 0.618. The fourth-order valence-corrected chi connectivity index (χ4v) is 5.59. The lowest BCUT2D eigenvalue weighted by molar-refractivity contribution is -0.180. The van der Waals surface area contributed by atoms with E-state index in [1.165, 1.54) is 6.92 Å². The first kappa shape index (κ1) is 14.3. The molecular weight excluding hydrogens is 280 g/mol. The van der Waals surface area contributed by atoms with E-state index in [0.717, 1.165) is 24.8 Å². The minimum atomic E-state index is -0.345. The van der Waals surface area contributed by atoms with Crippen LogP contribution in [0.1, 0.15) is 52.5 Å². The van der Waals surface area contributed by atoms with Gasteiger partial charge in [0.2, 0.25) is 0 Å². The van der Waals surface area contributed by atoms with Crippen molar-refractivity contribution in [3.8, 4) is 0 Å². The number of ether oxygens (including phenoxy) is 2. The molecule has 3 aliphatic rings. The van der Waals surface area contributed by atoms with E-state index in [9.17, 15) is 4.79 Å². The highest BCUT2D eigenvalue weighted by molar-refractivity contribution is 5.66. The number of carbonyl (C=O) groups excluding carboxylic acids is 1. The molecule has 3 fully saturated rings. The molecule has 2 aliphatic carbocycles. The molecule has 1 aromatic heterocycles. The lowest BCUT2D eigenvalue weighted by Crippen LogP contribution is -2.55. The molecule has 4 nitrogen and oxygen atoms in total. The summed E-state index contributed by atoms with van der Waals surface area (Å²) in [4.78, 5) is 11.6. The van der Waals surface area contributed by atoms with Crippen LogP contribution in [0.5, 0.6) is 0 Å². The lowest BCUT2D eigenvalue weighted by atomic mass is 9.53. The van der Waals surface area contributed by atoms with E-state index in [-0.39, 0.29) is 34.6 Å². The van der Waals surface area contributed by atoms with Gasteiger partial charge in [-0.2, -0.15) is 0 Å². The molecule has 0 bridgehead atoms. The summed E-state index contributed by atoms with van der Waals surface area (Å²) in [6.45, 7) is 8.44. The average molecular weight is 304 g/mol. The number of furan rings is 1. The van der Waals surface area contributed by atoms with E-state index in [4.69, 9.17) is 13.9 Å². The molecule has 1 saturated heterocycles. The highest BCUT2D eigenvalue weighted by Gasteiger charge is 2.80. The van der Waals surface area contributed by atoms with Gasteiger partial charge in [0, 0.05) is 17.9 Å². The molecule has 0 N–H and O–H groups in total. The van der Waals surface area contributed by atoms with E-state index >= 15 is 0 Å². The molecule has 22 heavy (non-hydrogen) atoms. The van der Waals surface area contributed by atoms with Crippen molar-refractivity contribution >= 4 is 5.97 Å². The zero-order chi connectivity index (χ0) is 15.8. The Hall–Kier alpha value is -1.29. The predicted molar refractivity (Wildman–Crippen MR) is 80.0 cm³/mol. The molecule has 1 aliphatic heterocycles. The molecule has 5 atom stereocenters. The third kappa shape index (κ3) is 1.54. The van der Waals surface area contributed by atoms with Crippen LogP contribution in [0.2, 0.25) is 0 Å². The first-order valence-corrected chi connectivity index (χ1v) is 8.20. The number of hydrogen-bond acceptors (Lipinski definition) is 4. The molecular formula is C18H24O4. The Labute approximate surface area is 131 Å². The maximum absolute atomic E-state index is 11.6. The zero-order valence-corrected chi connectivity index (χ0v) is 13.7. The highest BCUT2D eigenvalue weighted by atomic mass is 16.6. The summed E-state index contributed by atoms with van der Waals surface area (Å²) >= 11 is 0. The van der Waals surface area contributed by atoms with E-state index < -0.39 is 0 Å². The standard InChI is InChI=1S/C18H24O4/c1-11(19)21-14-5-7-16(2,3)13-9-15-18(22-15,17(13,14)4)12-6-8-20-10-12/h6,8,10,13-15H,5,7,9H2,1-4H3/t13-,14+,15+,17-,18+/m0/s1. The molecule has 2 heterocycles. The molecule has 0 unspecified atom stereocenters. The summed E-state index contributed by atoms with van der Waals surface area (Å²) in [6, 6.07) is 2.00. The Morgan fingerprint density at radius 1 is 1.36 bits per heavy atom. The maximum atomic E-state index is 11.6. The molecule has 0 amide bonds. The normalized spacial score (nSPS) is 45.0. The van der Waals surface area contributed by atoms with Crippen molar-refractivity contribution in [2.45, 2.75) is 64.8 Å². The van der Waals surface area contributed by atoms with Crippen LogP contribution in [0.3, 0.4) is 0 Å². The van der Waals surface area contributed by atoms with Gasteiger partial charge >= 0.3 is 5.97 Å². The number of epoxide rings is 1. The van der Waals surface area contributed by atoms with Crippen LogP contribution in [0.15, 0.2) is 23.0 Å². The maximum Gasteiger partial charge on any atom is 0.302 e. The highest BCUT2D eigenvalue weighted by Crippen LogP contribution is 2.75. The van der Waals surface area contributed by atoms with E-state index in [0.29, 0.717) is 5.92 Å². The SMILES string of the molecule is CC(=O)O[C@@H]1CCC(C)(C)[C@@H]2C[C@H]3O[C@@]3(c3ccoc3)[C@]12C. The number of hydrogen-bond donors (Lipinski definition) is 0. The number of esters is 1. The van der Waals surface area contributed by atoms with E-state index in [1.54, 1.807) is 12.5 Å². The van der Waals surface area contributed by atoms with Gasteiger partial charge in [0.15, 0.2) is 0 Å². The Bertz CT molecular complexity index is 605. The largest absolute Gasteiger partial charge is 0.472 e. The second-order valence-electron chi connectivity index (χ2n) is 8.05. The molecule has 1 aromatic rings. The molecule has 0 aromatic carbocycles. The number of rotatable bonds is 2. The molecule has 0 radical (unpaired) electrons. The Balaban J connectivity index is 1.82. The van der Waals surface area contributed by atoms with Gasteiger partial charge in [0.1, 0.15) is 11.7 Å². The van der Waals surface area contributed by atoms with Gasteiger partial charge in [-0.3, -0.25) is 4.79 Å². The van der Waals surface area contributed by atoms with Crippen molar-refractivity contribution in [2.24, 2.45) is 16.7 Å². The summed E-state index contributed by atoms with van der Waals surface area (Å²) in [5, 5.41) is 0. The monoisotopic (exact) mass is 304 g/mol. The van der Waals surface area contributed by atoms with Gasteiger partial charge in [-0.05, 0) is 36.7 Å². The van der Waals surface area contributed by atoms with Gasteiger partial charge in [-0.15, -0.1) is 0 Å². The van der Waals surface area contributed by atoms with E-state index in [2.05, 4.69) is 20.8 Å². The van der Waals surface area contributed by atoms with Gasteiger partial charge in [0.05, 0.1) is 18.6 Å². The third-order valence-electron chi connectivity index (χ3n) is 6.62. The Morgan fingerprint density at radius 3 is 2.77 bits per heavy atom. The smallest absolute Gasteiger partial charge is 0.302 e. The van der Waals surface area contributed by atoms with Crippen LogP contribution < -0.4 is 0 Å². The van der Waals surface area contributed by atoms with Crippen molar-refractivity contribution in [2.75, 3.05) is 0 Å². The molecule has 0 spiro atoms. The van der Waals surface area contributed by atoms with Crippen molar-refractivity contribution in [1.29, 1.82) is 0 Å². The second kappa shape index (κ2) is 4.16. The number of carbonyl (C=O) groups is 1. The summed E-state index contributed by atoms with van der Waals surface area (Å²) in [5.74, 6) is 0.280. The van der Waals surface area contributed by atoms with Gasteiger partial charge < -0.3 is 13.9 Å². The third-order valence-corrected chi connectivity index (χ3v) is 6.62. The fraction of sp³-hybridized carbons (Fsp3) is 0.722. The van der Waals surface area contributed by atoms with Crippen LogP contribution in [0, 0.1) is 16.7 Å². The first-order chi connectivity index (χ1) is 10.3. The van der Waals surface area contributed by atoms with Crippen LogP contribution in [-0.2, 0) is 19.9 Å². The van der Waals surface area contributed by atoms with Crippen molar-refractivity contribution in [3.63, 3.8) is 0 Å². The predicted octanol–water partition coefficient (Wildman–Crippen LogP) is 3.65. The van der Waals surface area contributed by atoms with Gasteiger partial charge in [0.25, 0.3) is 0 Å². The van der Waals surface area contributed by atoms with Crippen molar-refractivity contribution < 1.29 is 18.7 Å². The molecule has 4 heteroatoms. The van der Waals surface area contributed by atoms with E-state index in [1.807, 2.05) is 6.07 Å². The van der Waals surface area contributed by atoms with Crippen molar-refractivity contribution in [3.05, 3.63) is 24.2 Å². The van der Waals surface area contributed by atoms with Crippen LogP contribution >= 0.6 is 0 Å². The summed E-state index contributed by atoms with van der Waals surface area (Å²) < 4.78 is 17.3. The molecule has 120 valence electrons. The zero-order valence-electron chi connectivity index (χ0n) is 13.7. The average Bonchev–Trinajstić information content (AvgIpc) is 2.82. The Morgan fingerprint density at radius 2 is 2.14 bits per heavy atom. The molecule has 4 rings (SSSR count). The van der Waals surface area contributed by atoms with Crippen LogP contribution in [0.4, 0.5) is 0 Å². The second-order valence-corrected chi connectivity index (χ2v) is 8.05. The number of fused-ring (bicyclic) bond motifs is 3. The summed E-state index contributed by atoms with van der Waals surface area (Å²) in [7, 11) is 0. The minimum absolute atomic E-state index is 0.0922. The van der Waals surface area contributed by atoms with Crippen LogP contribution in [-0.4, -0.2) is 18.2 Å². The van der Waals surface area contributed by atoms with Crippen molar-refractivity contribution in [1.82, 2.24) is 0 Å². The van der Waals surface area contributed by atoms with Gasteiger partial charge in [-0.1, -0.05) is 20.8 Å². The van der Waals surface area contributed by atoms with Crippen LogP contribution in [0.25, 0.3) is 0 Å². The fourth-order valence-electron chi connectivity index (χ4n) is 5.59. The topological polar surface area (TPSA) is 52.0 Å². The summed E-state index contributed by atoms with van der Waals surface area (Å²) in [6.07, 6.45) is 6.64. The summed E-state index contributed by atoms with van der Waals surface area (Å²) in [5.41, 5.74) is 0.786. The Kier molecular flexibility index (Phi) is 2.71.